The van der Waals surface area contributed by atoms with E-state index in [9.17, 15) is 24.5 Å². The maximum atomic E-state index is 13.6. The Hall–Kier alpha value is -6.00. The van der Waals surface area contributed by atoms with Gasteiger partial charge in [-0.15, -0.1) is 11.8 Å². The normalized spacial score (nSPS) is 11.6. The fourth-order valence-corrected chi connectivity index (χ4v) is 5.68. The predicted octanol–water partition coefficient (Wildman–Crippen LogP) is 7.78. The van der Waals surface area contributed by atoms with Crippen molar-refractivity contribution in [3.63, 3.8) is 0 Å². The number of amides is 3. The maximum Gasteiger partial charge on any atom is 0.272 e. The van der Waals surface area contributed by atoms with Crippen LogP contribution >= 0.6 is 11.8 Å². The summed E-state index contributed by atoms with van der Waals surface area (Å²) >= 11 is 1.34. The Morgan fingerprint density at radius 2 is 1.43 bits per heavy atom. The van der Waals surface area contributed by atoms with Gasteiger partial charge in [0.25, 0.3) is 17.5 Å². The number of carbonyl (C=O) groups is 3. The minimum Gasteiger partial charge on any atom is -0.325 e. The van der Waals surface area contributed by atoms with Crippen molar-refractivity contribution in [2.24, 2.45) is 0 Å². The zero-order chi connectivity index (χ0) is 33.2. The van der Waals surface area contributed by atoms with Crippen LogP contribution in [0.25, 0.3) is 6.08 Å². The molecule has 0 saturated heterocycles. The van der Waals surface area contributed by atoms with Crippen molar-refractivity contribution in [3.8, 4) is 0 Å². The summed E-state index contributed by atoms with van der Waals surface area (Å²) in [5.41, 5.74) is 3.59. The molecule has 3 amide bonds. The highest BCUT2D eigenvalue weighted by Gasteiger charge is 2.23. The molecule has 9 nitrogen and oxygen atoms in total. The van der Waals surface area contributed by atoms with Crippen molar-refractivity contribution in [2.75, 3.05) is 10.6 Å². The van der Waals surface area contributed by atoms with Crippen LogP contribution in [0.1, 0.15) is 32.3 Å². The lowest BCUT2D eigenvalue weighted by molar-refractivity contribution is -0.384. The highest BCUT2D eigenvalue weighted by Crippen LogP contribution is 2.37. The van der Waals surface area contributed by atoms with E-state index in [2.05, 4.69) is 16.0 Å². The van der Waals surface area contributed by atoms with Crippen LogP contribution in [0.3, 0.4) is 0 Å². The first-order valence-electron chi connectivity index (χ1n) is 14.6. The highest BCUT2D eigenvalue weighted by molar-refractivity contribution is 8.00. The van der Waals surface area contributed by atoms with Gasteiger partial charge in [0.2, 0.25) is 5.91 Å². The zero-order valence-corrected chi connectivity index (χ0v) is 26.1. The lowest BCUT2D eigenvalue weighted by Crippen LogP contribution is -2.30. The second-order valence-electron chi connectivity index (χ2n) is 10.4. The van der Waals surface area contributed by atoms with Crippen LogP contribution in [0.4, 0.5) is 17.1 Å². The third-order valence-electron chi connectivity index (χ3n) is 7.03. The topological polar surface area (TPSA) is 130 Å². The van der Waals surface area contributed by atoms with Gasteiger partial charge in [-0.25, -0.2) is 0 Å². The van der Waals surface area contributed by atoms with Gasteiger partial charge in [-0.1, -0.05) is 72.8 Å². The number of para-hydroxylation sites is 1. The summed E-state index contributed by atoms with van der Waals surface area (Å²) < 4.78 is 0. The second-order valence-corrected chi connectivity index (χ2v) is 11.6. The molecule has 0 radical (unpaired) electrons. The van der Waals surface area contributed by atoms with Gasteiger partial charge in [0, 0.05) is 34.0 Å². The number of nitrogens with one attached hydrogen (secondary N) is 3. The van der Waals surface area contributed by atoms with Gasteiger partial charge < -0.3 is 16.0 Å². The number of nitro benzene ring substituents is 1. The smallest absolute Gasteiger partial charge is 0.272 e. The molecule has 47 heavy (non-hydrogen) atoms. The molecule has 0 aliphatic heterocycles. The van der Waals surface area contributed by atoms with E-state index in [0.29, 0.717) is 16.8 Å². The number of thioether (sulfide) groups is 1. The van der Waals surface area contributed by atoms with Gasteiger partial charge in [-0.05, 0) is 78.2 Å². The van der Waals surface area contributed by atoms with E-state index in [4.69, 9.17) is 0 Å². The van der Waals surface area contributed by atoms with Crippen LogP contribution in [-0.4, -0.2) is 22.6 Å². The Kier molecular flexibility index (Phi) is 10.6. The van der Waals surface area contributed by atoms with Gasteiger partial charge in [0.05, 0.1) is 4.92 Å². The number of hydrogen-bond acceptors (Lipinski definition) is 6. The minimum atomic E-state index is -0.605. The summed E-state index contributed by atoms with van der Waals surface area (Å²) in [5.74, 6) is -1.29. The van der Waals surface area contributed by atoms with Crippen molar-refractivity contribution in [1.82, 2.24) is 5.32 Å². The summed E-state index contributed by atoms with van der Waals surface area (Å²) in [6.07, 6.45) is 1.44. The standard InChI is InChI=1S/C37H30N4O5S/c1-25-11-8-9-18-32(25)39-37(44)34(27-12-4-2-5-13-27)47-31-17-10-16-29(24-31)38-36(43)33(40-35(42)28-14-6-3-7-15-28)23-26-19-21-30(22-20-26)41(45)46/h2-24,34H,1H3,(H,38,43)(H,39,44)(H,40,42)/b33-23+. The average molecular weight is 643 g/mol. The van der Waals surface area contributed by atoms with Crippen molar-refractivity contribution in [1.29, 1.82) is 0 Å². The van der Waals surface area contributed by atoms with Crippen LogP contribution < -0.4 is 16.0 Å². The van der Waals surface area contributed by atoms with E-state index in [-0.39, 0.29) is 17.3 Å². The third kappa shape index (κ3) is 8.80. The quantitative estimate of drug-likeness (QED) is 0.0584. The number of hydrogen-bond donors (Lipinski definition) is 3. The fraction of sp³-hybridized carbons (Fsp3) is 0.0541. The molecule has 234 valence electrons. The molecule has 5 aromatic carbocycles. The average Bonchev–Trinajstić information content (AvgIpc) is 3.09. The van der Waals surface area contributed by atoms with Gasteiger partial charge in [0.15, 0.2) is 0 Å². The van der Waals surface area contributed by atoms with E-state index in [1.165, 1.54) is 42.1 Å². The molecule has 0 aliphatic rings. The fourth-order valence-electron chi connectivity index (χ4n) is 4.60. The summed E-state index contributed by atoms with van der Waals surface area (Å²) in [4.78, 5) is 51.5. The minimum absolute atomic E-state index is 0.0643. The Bertz CT molecular complexity index is 1930. The summed E-state index contributed by atoms with van der Waals surface area (Å²) in [7, 11) is 0. The predicted molar refractivity (Wildman–Crippen MR) is 185 cm³/mol. The largest absolute Gasteiger partial charge is 0.325 e. The van der Waals surface area contributed by atoms with E-state index in [0.717, 1.165) is 21.7 Å². The van der Waals surface area contributed by atoms with E-state index >= 15 is 0 Å². The van der Waals surface area contributed by atoms with Crippen LogP contribution in [0.2, 0.25) is 0 Å². The highest BCUT2D eigenvalue weighted by atomic mass is 32.2. The lowest BCUT2D eigenvalue weighted by atomic mass is 10.1. The molecule has 5 aromatic rings. The molecule has 0 bridgehead atoms. The first kappa shape index (κ1) is 32.4. The summed E-state index contributed by atoms with van der Waals surface area (Å²) in [6.45, 7) is 1.93. The molecule has 0 fully saturated rings. The number of nitro groups is 1. The van der Waals surface area contributed by atoms with Crippen LogP contribution in [-0.2, 0) is 9.59 Å². The maximum absolute atomic E-state index is 13.6. The molecule has 0 spiro atoms. The van der Waals surface area contributed by atoms with Crippen LogP contribution in [0, 0.1) is 17.0 Å². The molecule has 1 atom stereocenters. The molecular weight excluding hydrogens is 612 g/mol. The monoisotopic (exact) mass is 642 g/mol. The number of anilines is 2. The van der Waals surface area contributed by atoms with Gasteiger partial charge >= 0.3 is 0 Å². The lowest BCUT2D eigenvalue weighted by Gasteiger charge is -2.18. The molecule has 3 N–H and O–H groups in total. The molecule has 0 aromatic heterocycles. The van der Waals surface area contributed by atoms with Crippen LogP contribution in [0.15, 0.2) is 144 Å². The number of carbonyl (C=O) groups excluding carboxylic acids is 3. The first-order valence-corrected chi connectivity index (χ1v) is 15.5. The molecule has 1 unspecified atom stereocenters. The molecule has 10 heteroatoms. The zero-order valence-electron chi connectivity index (χ0n) is 25.3. The molecule has 0 heterocycles. The van der Waals surface area contributed by atoms with Gasteiger partial charge in [-0.2, -0.15) is 0 Å². The van der Waals surface area contributed by atoms with E-state index < -0.39 is 22.0 Å². The Morgan fingerprint density at radius 1 is 0.766 bits per heavy atom. The van der Waals surface area contributed by atoms with Crippen molar-refractivity contribution in [3.05, 3.63) is 172 Å². The molecule has 5 rings (SSSR count). The Balaban J connectivity index is 1.38. The number of non-ortho nitro benzene ring substituents is 1. The first-order chi connectivity index (χ1) is 22.8. The Labute approximate surface area is 275 Å². The third-order valence-corrected chi connectivity index (χ3v) is 8.28. The molecule has 0 aliphatic carbocycles. The number of rotatable bonds is 11. The molecular formula is C37H30N4O5S. The summed E-state index contributed by atoms with van der Waals surface area (Å²) in [6, 6.07) is 38.1. The number of aryl methyl sites for hydroxylation is 1. The summed E-state index contributed by atoms with van der Waals surface area (Å²) in [5, 5.41) is 19.1. The van der Waals surface area contributed by atoms with E-state index in [1.807, 2.05) is 67.6 Å². The van der Waals surface area contributed by atoms with Crippen molar-refractivity contribution < 1.29 is 19.3 Å². The SMILES string of the molecule is Cc1ccccc1NC(=O)C(Sc1cccc(NC(=O)/C(=C\c2ccc([N+](=O)[O-])cc2)NC(=O)c2ccccc2)c1)c1ccccc1. The van der Waals surface area contributed by atoms with Gasteiger partial charge in [0.1, 0.15) is 10.9 Å². The second kappa shape index (κ2) is 15.3. The number of nitrogens with zero attached hydrogens (tertiary/aromatic N) is 1. The van der Waals surface area contributed by atoms with Gasteiger partial charge in [-0.3, -0.25) is 24.5 Å². The van der Waals surface area contributed by atoms with Crippen molar-refractivity contribution >= 4 is 52.6 Å². The Morgan fingerprint density at radius 3 is 2.11 bits per heavy atom. The number of benzene rings is 5. The molecule has 0 saturated carbocycles. The van der Waals surface area contributed by atoms with Crippen LogP contribution in [0.5, 0.6) is 0 Å². The van der Waals surface area contributed by atoms with Crippen molar-refractivity contribution in [2.45, 2.75) is 17.1 Å². The van der Waals surface area contributed by atoms with E-state index in [1.54, 1.807) is 48.5 Å².